The summed E-state index contributed by atoms with van der Waals surface area (Å²) in [7, 11) is 0. The summed E-state index contributed by atoms with van der Waals surface area (Å²) < 4.78 is 0. The predicted molar refractivity (Wildman–Crippen MR) is 101 cm³/mol. The van der Waals surface area contributed by atoms with Crippen molar-refractivity contribution < 1.29 is 19.2 Å². The van der Waals surface area contributed by atoms with Gasteiger partial charge in [0, 0.05) is 5.69 Å². The molecule has 1 heterocycles. The van der Waals surface area contributed by atoms with Gasteiger partial charge in [0.05, 0.1) is 5.69 Å². The van der Waals surface area contributed by atoms with Crippen molar-refractivity contribution in [2.45, 2.75) is 27.7 Å². The molecule has 0 bridgehead atoms. The van der Waals surface area contributed by atoms with Crippen LogP contribution in [0.2, 0.25) is 0 Å². The van der Waals surface area contributed by atoms with Crippen molar-refractivity contribution >= 4 is 34.9 Å². The summed E-state index contributed by atoms with van der Waals surface area (Å²) >= 11 is 0. The number of benzene rings is 2. The average Bonchev–Trinajstić information content (AvgIpc) is 2.81. The minimum Gasteiger partial charge on any atom is -0.325 e. The highest BCUT2D eigenvalue weighted by molar-refractivity contribution is 6.60. The average molecular weight is 364 g/mol. The Balaban J connectivity index is 1.96. The molecular formula is C21H20N2O4. The van der Waals surface area contributed by atoms with Gasteiger partial charge in [-0.15, -0.1) is 0 Å². The molecule has 1 fully saturated rings. The second-order valence-corrected chi connectivity index (χ2v) is 6.77. The van der Waals surface area contributed by atoms with Crippen molar-refractivity contribution in [3.8, 4) is 0 Å². The van der Waals surface area contributed by atoms with E-state index in [2.05, 4.69) is 5.32 Å². The van der Waals surface area contributed by atoms with Gasteiger partial charge in [-0.2, -0.15) is 0 Å². The first-order valence-corrected chi connectivity index (χ1v) is 8.59. The van der Waals surface area contributed by atoms with E-state index in [4.69, 9.17) is 0 Å². The van der Waals surface area contributed by atoms with Crippen LogP contribution in [0, 0.1) is 33.6 Å². The number of ketones is 1. The van der Waals surface area contributed by atoms with Crippen LogP contribution in [0.3, 0.4) is 0 Å². The molecule has 1 saturated heterocycles. The van der Waals surface area contributed by atoms with E-state index in [9.17, 15) is 19.2 Å². The molecule has 1 N–H and O–H groups in total. The molecule has 6 nitrogen and oxygen atoms in total. The number of amides is 3. The van der Waals surface area contributed by atoms with Crippen LogP contribution >= 0.6 is 0 Å². The molecule has 1 aliphatic rings. The van der Waals surface area contributed by atoms with E-state index >= 15 is 0 Å². The minimum atomic E-state index is -1.67. The van der Waals surface area contributed by atoms with Crippen molar-refractivity contribution in [3.63, 3.8) is 0 Å². The molecule has 3 amide bonds. The number of anilines is 2. The lowest BCUT2D eigenvalue weighted by Gasteiger charge is -2.19. The maximum Gasteiger partial charge on any atom is 0.302 e. The van der Waals surface area contributed by atoms with E-state index < -0.39 is 29.4 Å². The van der Waals surface area contributed by atoms with Crippen LogP contribution < -0.4 is 10.2 Å². The zero-order valence-corrected chi connectivity index (χ0v) is 15.6. The third-order valence-corrected chi connectivity index (χ3v) is 4.80. The van der Waals surface area contributed by atoms with E-state index in [0.717, 1.165) is 16.0 Å². The molecule has 0 aromatic heterocycles. The number of carbonyl (C=O) groups excluding carboxylic acids is 4. The second-order valence-electron chi connectivity index (χ2n) is 6.77. The van der Waals surface area contributed by atoms with Crippen molar-refractivity contribution in [3.05, 3.63) is 58.7 Å². The van der Waals surface area contributed by atoms with E-state index in [1.807, 2.05) is 32.0 Å². The Hall–Kier alpha value is -3.28. The van der Waals surface area contributed by atoms with Gasteiger partial charge in [0.2, 0.25) is 11.7 Å². The van der Waals surface area contributed by atoms with Crippen LogP contribution in [-0.2, 0) is 19.2 Å². The maximum atomic E-state index is 12.9. The Bertz CT molecular complexity index is 953. The zero-order chi connectivity index (χ0) is 19.9. The lowest BCUT2D eigenvalue weighted by atomic mass is 10.0. The van der Waals surface area contributed by atoms with Crippen molar-refractivity contribution in [1.29, 1.82) is 0 Å². The summed E-state index contributed by atoms with van der Waals surface area (Å²) in [5.74, 6) is -5.25. The number of hydrogen-bond acceptors (Lipinski definition) is 4. The largest absolute Gasteiger partial charge is 0.325 e. The SMILES string of the molecule is Cc1cccc(C)c1NC(=O)[C@H]1C(=O)C(=O)N(c2c(C)cccc2C)C1=O. The number of nitrogens with zero attached hydrogens (tertiary/aromatic N) is 1. The Labute approximate surface area is 157 Å². The lowest BCUT2D eigenvalue weighted by molar-refractivity contribution is -0.139. The van der Waals surface area contributed by atoms with Gasteiger partial charge < -0.3 is 5.32 Å². The van der Waals surface area contributed by atoms with Gasteiger partial charge in [-0.25, -0.2) is 4.90 Å². The summed E-state index contributed by atoms with van der Waals surface area (Å²) in [5.41, 5.74) is 3.88. The molecule has 0 unspecified atom stereocenters. The highest BCUT2D eigenvalue weighted by Crippen LogP contribution is 2.31. The van der Waals surface area contributed by atoms with Crippen LogP contribution in [0.4, 0.5) is 11.4 Å². The molecular weight excluding hydrogens is 344 g/mol. The standard InChI is InChI=1S/C21H20N2O4/c1-11-7-5-8-12(2)16(11)22-19(25)15-18(24)21(27)23(20(15)26)17-13(3)9-6-10-14(17)4/h5-10,15H,1-4H3,(H,22,25)/t15-/m1/s1. The van der Waals surface area contributed by atoms with E-state index in [1.165, 1.54) is 0 Å². The molecule has 27 heavy (non-hydrogen) atoms. The Kier molecular flexibility index (Phi) is 4.66. The first-order valence-electron chi connectivity index (χ1n) is 8.59. The summed E-state index contributed by atoms with van der Waals surface area (Å²) in [6.45, 7) is 7.12. The number of nitrogens with one attached hydrogen (secondary N) is 1. The lowest BCUT2D eigenvalue weighted by Crippen LogP contribution is -2.35. The Morgan fingerprint density at radius 2 is 1.33 bits per heavy atom. The van der Waals surface area contributed by atoms with Crippen LogP contribution in [0.25, 0.3) is 0 Å². The number of Topliss-reactive ketones (excluding diaryl/α,β-unsaturated/α-hetero) is 1. The molecule has 1 aliphatic heterocycles. The van der Waals surface area contributed by atoms with Crippen molar-refractivity contribution in [2.75, 3.05) is 10.2 Å². The van der Waals surface area contributed by atoms with Gasteiger partial charge in [-0.05, 0) is 49.9 Å². The Morgan fingerprint density at radius 1 is 0.852 bits per heavy atom. The third-order valence-electron chi connectivity index (χ3n) is 4.80. The molecule has 0 spiro atoms. The molecule has 1 atom stereocenters. The molecule has 3 rings (SSSR count). The Morgan fingerprint density at radius 3 is 1.85 bits per heavy atom. The van der Waals surface area contributed by atoms with Crippen LogP contribution in [-0.4, -0.2) is 23.5 Å². The third kappa shape index (κ3) is 3.03. The first-order chi connectivity index (χ1) is 12.7. The molecule has 0 aliphatic carbocycles. The van der Waals surface area contributed by atoms with Gasteiger partial charge >= 0.3 is 5.91 Å². The smallest absolute Gasteiger partial charge is 0.302 e. The fourth-order valence-electron chi connectivity index (χ4n) is 3.38. The van der Waals surface area contributed by atoms with Crippen molar-refractivity contribution in [1.82, 2.24) is 0 Å². The number of para-hydroxylation sites is 2. The normalized spacial score (nSPS) is 16.8. The fourth-order valence-corrected chi connectivity index (χ4v) is 3.38. The van der Waals surface area contributed by atoms with Gasteiger partial charge in [-0.1, -0.05) is 36.4 Å². The summed E-state index contributed by atoms with van der Waals surface area (Å²) in [5, 5.41) is 2.64. The summed E-state index contributed by atoms with van der Waals surface area (Å²) in [6, 6.07) is 10.8. The number of hydrogen-bond donors (Lipinski definition) is 1. The van der Waals surface area contributed by atoms with Crippen LogP contribution in [0.15, 0.2) is 36.4 Å². The molecule has 0 saturated carbocycles. The molecule has 138 valence electrons. The quantitative estimate of drug-likeness (QED) is 0.515. The van der Waals surface area contributed by atoms with Gasteiger partial charge in [0.25, 0.3) is 5.91 Å². The monoisotopic (exact) mass is 364 g/mol. The molecule has 0 radical (unpaired) electrons. The minimum absolute atomic E-state index is 0.364. The maximum absolute atomic E-state index is 12.9. The molecule has 2 aromatic carbocycles. The molecule has 6 heteroatoms. The van der Waals surface area contributed by atoms with Crippen LogP contribution in [0.1, 0.15) is 22.3 Å². The predicted octanol–water partition coefficient (Wildman–Crippen LogP) is 2.62. The number of imide groups is 1. The van der Waals surface area contributed by atoms with Gasteiger partial charge in [0.15, 0.2) is 5.92 Å². The van der Waals surface area contributed by atoms with E-state index in [0.29, 0.717) is 22.5 Å². The second kappa shape index (κ2) is 6.79. The fraction of sp³-hybridized carbons (Fsp3) is 0.238. The van der Waals surface area contributed by atoms with Crippen molar-refractivity contribution in [2.24, 2.45) is 5.92 Å². The summed E-state index contributed by atoms with van der Waals surface area (Å²) in [6.07, 6.45) is 0. The highest BCUT2D eigenvalue weighted by atomic mass is 16.2. The van der Waals surface area contributed by atoms with E-state index in [-0.39, 0.29) is 0 Å². The zero-order valence-electron chi connectivity index (χ0n) is 15.6. The highest BCUT2D eigenvalue weighted by Gasteiger charge is 2.52. The van der Waals surface area contributed by atoms with Gasteiger partial charge in [-0.3, -0.25) is 19.2 Å². The van der Waals surface area contributed by atoms with Crippen LogP contribution in [0.5, 0.6) is 0 Å². The summed E-state index contributed by atoms with van der Waals surface area (Å²) in [4.78, 5) is 51.3. The molecule has 2 aromatic rings. The van der Waals surface area contributed by atoms with Gasteiger partial charge in [0.1, 0.15) is 0 Å². The number of carbonyl (C=O) groups is 4. The first kappa shape index (κ1) is 18.5. The van der Waals surface area contributed by atoms with E-state index in [1.54, 1.807) is 32.0 Å². The number of aryl methyl sites for hydroxylation is 4. The number of rotatable bonds is 3. The topological polar surface area (TPSA) is 83.6 Å².